The Morgan fingerprint density at radius 2 is 1.80 bits per heavy atom. The van der Waals surface area contributed by atoms with Crippen LogP contribution < -0.4 is 19.7 Å². The van der Waals surface area contributed by atoms with Crippen molar-refractivity contribution in [1.29, 1.82) is 0 Å². The number of methoxy groups -OCH3 is 2. The van der Waals surface area contributed by atoms with Crippen LogP contribution in [0.3, 0.4) is 0 Å². The minimum Gasteiger partial charge on any atom is -0.493 e. The number of aromatic nitrogens is 2. The number of anilines is 2. The van der Waals surface area contributed by atoms with Crippen LogP contribution in [0.2, 0.25) is 0 Å². The molecule has 1 aromatic carbocycles. The summed E-state index contributed by atoms with van der Waals surface area (Å²) in [5, 5.41) is 3.57. The highest BCUT2D eigenvalue weighted by molar-refractivity contribution is 8.13. The van der Waals surface area contributed by atoms with Crippen LogP contribution in [-0.4, -0.2) is 101 Å². The Kier molecular flexibility index (Phi) is 10.1. The second-order valence-electron chi connectivity index (χ2n) is 11.0. The molecular formula is C31H38N6O7S. The van der Waals surface area contributed by atoms with Crippen molar-refractivity contribution in [3.05, 3.63) is 36.3 Å². The second-order valence-corrected chi connectivity index (χ2v) is 12.0. The first-order valence-corrected chi connectivity index (χ1v) is 16.0. The Morgan fingerprint density at radius 3 is 2.47 bits per heavy atom. The van der Waals surface area contributed by atoms with E-state index in [1.807, 2.05) is 4.90 Å². The molecule has 240 valence electrons. The molecule has 2 atom stereocenters. The molecule has 0 saturated carbocycles. The topological polar surface area (TPSA) is 147 Å². The number of carbonyl (C=O) groups excluding carboxylic acids is 4. The van der Waals surface area contributed by atoms with E-state index in [1.54, 1.807) is 47.9 Å². The third-order valence-corrected chi connectivity index (χ3v) is 9.33. The summed E-state index contributed by atoms with van der Waals surface area (Å²) < 4.78 is 16.3. The van der Waals surface area contributed by atoms with Gasteiger partial charge in [0, 0.05) is 62.3 Å². The SMILES string of the molecule is CCC(=O)SCC(C)C(=O)N1CCCC1C(=O)Nc1nc(N2CCN(C(=O)c3ccco3)CC2)nc2cc(OC)c(OC)cc12. The molecule has 13 nitrogen and oxygen atoms in total. The summed E-state index contributed by atoms with van der Waals surface area (Å²) in [4.78, 5) is 66.5. The molecule has 2 aliphatic heterocycles. The highest BCUT2D eigenvalue weighted by Gasteiger charge is 2.36. The van der Waals surface area contributed by atoms with E-state index in [2.05, 4.69) is 5.32 Å². The van der Waals surface area contributed by atoms with Gasteiger partial charge in [0.2, 0.25) is 17.8 Å². The maximum Gasteiger partial charge on any atom is 0.289 e. The van der Waals surface area contributed by atoms with Gasteiger partial charge >= 0.3 is 0 Å². The summed E-state index contributed by atoms with van der Waals surface area (Å²) in [6.45, 7) is 5.87. The van der Waals surface area contributed by atoms with Gasteiger partial charge in [0.15, 0.2) is 22.4 Å². The number of piperazine rings is 1. The van der Waals surface area contributed by atoms with Crippen molar-refractivity contribution in [2.45, 2.75) is 39.2 Å². The standard InChI is InChI=1S/C31H38N6O7S/c1-5-26(38)45-18-19(2)29(40)37-10-6-8-22(37)28(39)33-27-20-16-24(42-3)25(43-4)17-21(20)32-31(34-27)36-13-11-35(12-14-36)30(41)23-9-7-15-44-23/h7,9,15-17,19,22H,5-6,8,10-14,18H2,1-4H3,(H,32,33,34,39). The molecule has 3 aromatic rings. The Balaban J connectivity index is 1.38. The van der Waals surface area contributed by atoms with Gasteiger partial charge in [-0.25, -0.2) is 4.98 Å². The zero-order chi connectivity index (χ0) is 32.1. The van der Waals surface area contributed by atoms with Gasteiger partial charge in [0.05, 0.1) is 26.0 Å². The first-order valence-electron chi connectivity index (χ1n) is 15.0. The lowest BCUT2D eigenvalue weighted by Gasteiger charge is -2.34. The first kappa shape index (κ1) is 32.1. The number of benzene rings is 1. The highest BCUT2D eigenvalue weighted by atomic mass is 32.2. The number of fused-ring (bicyclic) bond motifs is 1. The van der Waals surface area contributed by atoms with Gasteiger partial charge in [-0.15, -0.1) is 0 Å². The van der Waals surface area contributed by atoms with Crippen LogP contribution in [-0.2, 0) is 14.4 Å². The molecule has 2 unspecified atom stereocenters. The number of ether oxygens (including phenoxy) is 2. The molecule has 0 radical (unpaired) electrons. The van der Waals surface area contributed by atoms with Crippen LogP contribution in [0.15, 0.2) is 34.9 Å². The number of furan rings is 1. The Bertz CT molecular complexity index is 1560. The van der Waals surface area contributed by atoms with Crippen LogP contribution in [0, 0.1) is 5.92 Å². The van der Waals surface area contributed by atoms with Crippen molar-refractivity contribution < 1.29 is 33.1 Å². The summed E-state index contributed by atoms with van der Waals surface area (Å²) in [6, 6.07) is 6.10. The number of thioether (sulfide) groups is 1. The molecule has 4 heterocycles. The molecule has 2 aliphatic rings. The summed E-state index contributed by atoms with van der Waals surface area (Å²) in [7, 11) is 3.06. The lowest BCUT2D eigenvalue weighted by atomic mass is 10.1. The maximum atomic E-state index is 13.8. The number of hydrogen-bond donors (Lipinski definition) is 1. The number of rotatable bonds is 10. The molecule has 5 rings (SSSR count). The van der Waals surface area contributed by atoms with E-state index in [0.29, 0.717) is 91.8 Å². The smallest absolute Gasteiger partial charge is 0.289 e. The zero-order valence-electron chi connectivity index (χ0n) is 25.9. The number of hydrogen-bond acceptors (Lipinski definition) is 11. The van der Waals surface area contributed by atoms with Crippen molar-refractivity contribution in [3.63, 3.8) is 0 Å². The summed E-state index contributed by atoms with van der Waals surface area (Å²) >= 11 is 1.15. The number of amides is 3. The molecule has 0 spiro atoms. The summed E-state index contributed by atoms with van der Waals surface area (Å²) in [6.07, 6.45) is 3.09. The third-order valence-electron chi connectivity index (χ3n) is 8.06. The second kappa shape index (κ2) is 14.2. The predicted octanol–water partition coefficient (Wildman–Crippen LogP) is 3.44. The number of likely N-dealkylation sites (tertiary alicyclic amines) is 1. The van der Waals surface area contributed by atoms with Gasteiger partial charge in [-0.3, -0.25) is 19.2 Å². The predicted molar refractivity (Wildman–Crippen MR) is 170 cm³/mol. The lowest BCUT2D eigenvalue weighted by Crippen LogP contribution is -2.49. The summed E-state index contributed by atoms with van der Waals surface area (Å²) in [5.41, 5.74) is 0.535. The van der Waals surface area contributed by atoms with Crippen molar-refractivity contribution >= 4 is 57.3 Å². The minimum absolute atomic E-state index is 0.0365. The molecular weight excluding hydrogens is 600 g/mol. The molecule has 45 heavy (non-hydrogen) atoms. The van der Waals surface area contributed by atoms with E-state index in [4.69, 9.17) is 23.9 Å². The van der Waals surface area contributed by atoms with Crippen molar-refractivity contribution in [1.82, 2.24) is 19.8 Å². The van der Waals surface area contributed by atoms with Crippen LogP contribution in [0.5, 0.6) is 11.5 Å². The molecule has 2 saturated heterocycles. The summed E-state index contributed by atoms with van der Waals surface area (Å²) in [5.74, 6) is 1.19. The maximum absolute atomic E-state index is 13.8. The van der Waals surface area contributed by atoms with Gasteiger partial charge in [-0.1, -0.05) is 25.6 Å². The number of nitrogens with zero attached hydrogens (tertiary/aromatic N) is 5. The molecule has 3 amide bonds. The molecule has 2 aromatic heterocycles. The third kappa shape index (κ3) is 7.00. The van der Waals surface area contributed by atoms with E-state index in [1.165, 1.54) is 20.5 Å². The van der Waals surface area contributed by atoms with Crippen LogP contribution in [0.4, 0.5) is 11.8 Å². The Morgan fingerprint density at radius 1 is 1.07 bits per heavy atom. The molecule has 1 N–H and O–H groups in total. The molecule has 2 fully saturated rings. The minimum atomic E-state index is -0.670. The first-order chi connectivity index (χ1) is 21.7. The fraction of sp³-hybridized carbons (Fsp3) is 0.484. The van der Waals surface area contributed by atoms with Crippen molar-refractivity contribution in [3.8, 4) is 11.5 Å². The molecule has 14 heteroatoms. The van der Waals surface area contributed by atoms with Gasteiger partial charge in [-0.05, 0) is 31.0 Å². The van der Waals surface area contributed by atoms with Gasteiger partial charge in [0.25, 0.3) is 5.91 Å². The average molecular weight is 639 g/mol. The Labute approximate surface area is 265 Å². The van der Waals surface area contributed by atoms with E-state index in [-0.39, 0.29) is 28.7 Å². The van der Waals surface area contributed by atoms with E-state index in [9.17, 15) is 19.2 Å². The van der Waals surface area contributed by atoms with E-state index >= 15 is 0 Å². The van der Waals surface area contributed by atoms with E-state index < -0.39 is 12.0 Å². The number of carbonyl (C=O) groups is 4. The molecule has 0 bridgehead atoms. The fourth-order valence-corrected chi connectivity index (χ4v) is 6.31. The molecule has 0 aliphatic carbocycles. The highest BCUT2D eigenvalue weighted by Crippen LogP contribution is 2.35. The average Bonchev–Trinajstić information content (AvgIpc) is 3.79. The quantitative estimate of drug-likeness (QED) is 0.348. The lowest BCUT2D eigenvalue weighted by molar-refractivity contribution is -0.139. The van der Waals surface area contributed by atoms with Crippen LogP contribution in [0.1, 0.15) is 43.7 Å². The largest absolute Gasteiger partial charge is 0.493 e. The van der Waals surface area contributed by atoms with E-state index in [0.717, 1.165) is 11.8 Å². The van der Waals surface area contributed by atoms with Crippen LogP contribution in [0.25, 0.3) is 10.9 Å². The van der Waals surface area contributed by atoms with Crippen molar-refractivity contribution in [2.24, 2.45) is 5.92 Å². The fourth-order valence-electron chi connectivity index (χ4n) is 5.52. The normalized spacial score (nSPS) is 17.3. The van der Waals surface area contributed by atoms with Gasteiger partial charge in [0.1, 0.15) is 11.9 Å². The monoisotopic (exact) mass is 638 g/mol. The van der Waals surface area contributed by atoms with Gasteiger partial charge in [-0.2, -0.15) is 4.98 Å². The zero-order valence-corrected chi connectivity index (χ0v) is 26.7. The van der Waals surface area contributed by atoms with Crippen molar-refractivity contribution in [2.75, 3.05) is 62.9 Å². The van der Waals surface area contributed by atoms with Crippen LogP contribution >= 0.6 is 11.8 Å². The van der Waals surface area contributed by atoms with Gasteiger partial charge < -0.3 is 33.9 Å². The Hall–Kier alpha value is -4.33. The number of nitrogens with one attached hydrogen (secondary N) is 1.